The van der Waals surface area contributed by atoms with E-state index in [1.807, 2.05) is 0 Å². The number of aliphatic hydroxyl groups excluding tert-OH is 2. The molecular weight excluding hydrogens is 324 g/mol. The van der Waals surface area contributed by atoms with Gasteiger partial charge in [-0.25, -0.2) is 0 Å². The molecule has 3 nitrogen and oxygen atoms in total. The first kappa shape index (κ1) is 19.1. The molecular formula is C23H30O3. The highest BCUT2D eigenvalue weighted by Crippen LogP contribution is 2.35. The predicted molar refractivity (Wildman–Crippen MR) is 104 cm³/mol. The molecule has 0 spiro atoms. The third-order valence-corrected chi connectivity index (χ3v) is 5.61. The molecule has 0 amide bonds. The Morgan fingerprint density at radius 3 is 2.50 bits per heavy atom. The topological polar surface area (TPSA) is 49.7 Å². The molecule has 1 aliphatic heterocycles. The second-order valence-corrected chi connectivity index (χ2v) is 7.49. The van der Waals surface area contributed by atoms with Crippen molar-refractivity contribution in [3.63, 3.8) is 0 Å². The fourth-order valence-corrected chi connectivity index (χ4v) is 3.87. The quantitative estimate of drug-likeness (QED) is 0.842. The number of hydrogen-bond acceptors (Lipinski definition) is 3. The van der Waals surface area contributed by atoms with Gasteiger partial charge in [0.25, 0.3) is 0 Å². The first-order valence-corrected chi connectivity index (χ1v) is 9.65. The van der Waals surface area contributed by atoms with E-state index in [2.05, 4.69) is 63.2 Å². The Kier molecular flexibility index (Phi) is 6.13. The summed E-state index contributed by atoms with van der Waals surface area (Å²) in [6.07, 6.45) is 1.27. The molecule has 0 aromatic heterocycles. The lowest BCUT2D eigenvalue weighted by Crippen LogP contribution is -2.33. The predicted octanol–water partition coefficient (Wildman–Crippen LogP) is 4.28. The van der Waals surface area contributed by atoms with Crippen molar-refractivity contribution < 1.29 is 14.9 Å². The van der Waals surface area contributed by atoms with Gasteiger partial charge >= 0.3 is 0 Å². The molecule has 0 aliphatic carbocycles. The summed E-state index contributed by atoms with van der Waals surface area (Å²) in [6, 6.07) is 15.3. The molecule has 0 saturated carbocycles. The van der Waals surface area contributed by atoms with Crippen LogP contribution in [-0.2, 0) is 11.2 Å². The lowest BCUT2D eigenvalue weighted by Gasteiger charge is -2.33. The Labute approximate surface area is 156 Å². The van der Waals surface area contributed by atoms with Gasteiger partial charge in [-0.2, -0.15) is 0 Å². The Morgan fingerprint density at radius 1 is 1.12 bits per heavy atom. The zero-order valence-electron chi connectivity index (χ0n) is 16.0. The minimum absolute atomic E-state index is 0.0491. The fourth-order valence-electron chi connectivity index (χ4n) is 3.87. The van der Waals surface area contributed by atoms with Gasteiger partial charge in [0, 0.05) is 18.8 Å². The molecule has 3 rings (SSSR count). The maximum Gasteiger partial charge on any atom is 0.0854 e. The molecule has 2 aromatic carbocycles. The molecule has 1 heterocycles. The summed E-state index contributed by atoms with van der Waals surface area (Å²) in [5.41, 5.74) is 6.29. The van der Waals surface area contributed by atoms with E-state index >= 15 is 0 Å². The van der Waals surface area contributed by atoms with Crippen molar-refractivity contribution in [2.24, 2.45) is 0 Å². The third kappa shape index (κ3) is 4.17. The number of rotatable bonds is 5. The van der Waals surface area contributed by atoms with E-state index < -0.39 is 6.10 Å². The molecule has 140 valence electrons. The third-order valence-electron chi connectivity index (χ3n) is 5.61. The summed E-state index contributed by atoms with van der Waals surface area (Å²) in [6.45, 7) is 6.50. The van der Waals surface area contributed by atoms with Crippen LogP contribution in [0.5, 0.6) is 0 Å². The molecule has 1 saturated heterocycles. The second-order valence-electron chi connectivity index (χ2n) is 7.49. The average molecular weight is 354 g/mol. The molecule has 3 heteroatoms. The first-order chi connectivity index (χ1) is 12.5. The SMILES string of the molecule is CCc1ccc(C(C)c2cc(C3CC(O)CC(CO)O3)ccc2C)cc1. The molecule has 4 atom stereocenters. The van der Waals surface area contributed by atoms with Crippen LogP contribution in [0.2, 0.25) is 0 Å². The molecule has 0 bridgehead atoms. The van der Waals surface area contributed by atoms with Gasteiger partial charge in [-0.1, -0.05) is 56.3 Å². The van der Waals surface area contributed by atoms with Crippen LogP contribution in [0.1, 0.15) is 66.5 Å². The highest BCUT2D eigenvalue weighted by Gasteiger charge is 2.29. The highest BCUT2D eigenvalue weighted by atomic mass is 16.5. The van der Waals surface area contributed by atoms with Gasteiger partial charge in [0.2, 0.25) is 0 Å². The van der Waals surface area contributed by atoms with Crippen LogP contribution in [0.25, 0.3) is 0 Å². The second kappa shape index (κ2) is 8.34. The van der Waals surface area contributed by atoms with Crippen LogP contribution in [0.4, 0.5) is 0 Å². The van der Waals surface area contributed by atoms with Gasteiger partial charge < -0.3 is 14.9 Å². The fraction of sp³-hybridized carbons (Fsp3) is 0.478. The standard InChI is InChI=1S/C23H30O3/c1-4-17-6-9-18(10-7-17)16(3)22-11-19(8-5-15(22)2)23-13-20(25)12-21(14-24)26-23/h5-11,16,20-21,23-25H,4,12-14H2,1-3H3. The minimum Gasteiger partial charge on any atom is -0.394 e. The lowest BCUT2D eigenvalue weighted by atomic mass is 9.86. The summed E-state index contributed by atoms with van der Waals surface area (Å²) in [5, 5.41) is 19.5. The van der Waals surface area contributed by atoms with Gasteiger partial charge in [0.05, 0.1) is 24.9 Å². The molecule has 1 aliphatic rings. The number of ether oxygens (including phenoxy) is 1. The Morgan fingerprint density at radius 2 is 1.85 bits per heavy atom. The van der Waals surface area contributed by atoms with Crippen LogP contribution in [0.15, 0.2) is 42.5 Å². The van der Waals surface area contributed by atoms with Crippen LogP contribution in [0.3, 0.4) is 0 Å². The van der Waals surface area contributed by atoms with E-state index in [4.69, 9.17) is 4.74 Å². The first-order valence-electron chi connectivity index (χ1n) is 9.65. The lowest BCUT2D eigenvalue weighted by molar-refractivity contribution is -0.113. The Bertz CT molecular complexity index is 723. The molecule has 2 N–H and O–H groups in total. The molecule has 2 aromatic rings. The number of hydrogen-bond donors (Lipinski definition) is 2. The van der Waals surface area contributed by atoms with Crippen molar-refractivity contribution in [1.29, 1.82) is 0 Å². The van der Waals surface area contributed by atoms with Gasteiger partial charge in [0.1, 0.15) is 0 Å². The monoisotopic (exact) mass is 354 g/mol. The molecule has 1 fully saturated rings. The summed E-state index contributed by atoms with van der Waals surface area (Å²) in [7, 11) is 0. The van der Waals surface area contributed by atoms with Crippen LogP contribution in [0, 0.1) is 6.92 Å². The molecule has 4 unspecified atom stereocenters. The van der Waals surface area contributed by atoms with Crippen LogP contribution in [-0.4, -0.2) is 29.0 Å². The molecule has 26 heavy (non-hydrogen) atoms. The van der Waals surface area contributed by atoms with Crippen molar-refractivity contribution in [3.05, 3.63) is 70.3 Å². The Balaban J connectivity index is 1.87. The zero-order chi connectivity index (χ0) is 18.7. The van der Waals surface area contributed by atoms with Gasteiger partial charge in [0.15, 0.2) is 0 Å². The van der Waals surface area contributed by atoms with Crippen molar-refractivity contribution in [2.45, 2.75) is 64.3 Å². The number of benzene rings is 2. The maximum atomic E-state index is 10.1. The molecule has 0 radical (unpaired) electrons. The minimum atomic E-state index is -0.422. The Hall–Kier alpha value is -1.68. The van der Waals surface area contributed by atoms with Crippen LogP contribution >= 0.6 is 0 Å². The number of aryl methyl sites for hydroxylation is 2. The van der Waals surface area contributed by atoms with Crippen molar-refractivity contribution in [1.82, 2.24) is 0 Å². The summed E-state index contributed by atoms with van der Waals surface area (Å²) >= 11 is 0. The van der Waals surface area contributed by atoms with Gasteiger partial charge in [-0.3, -0.25) is 0 Å². The summed E-state index contributed by atoms with van der Waals surface area (Å²) in [5.74, 6) is 0.294. The summed E-state index contributed by atoms with van der Waals surface area (Å²) < 4.78 is 5.99. The van der Waals surface area contributed by atoms with E-state index in [-0.39, 0.29) is 18.8 Å². The van der Waals surface area contributed by atoms with Crippen molar-refractivity contribution in [2.75, 3.05) is 6.61 Å². The average Bonchev–Trinajstić information content (AvgIpc) is 2.67. The van der Waals surface area contributed by atoms with E-state index in [1.54, 1.807) is 0 Å². The summed E-state index contributed by atoms with van der Waals surface area (Å²) in [4.78, 5) is 0. The van der Waals surface area contributed by atoms with Gasteiger partial charge in [-0.05, 0) is 41.2 Å². The number of aliphatic hydroxyl groups is 2. The van der Waals surface area contributed by atoms with E-state index in [1.165, 1.54) is 22.3 Å². The largest absolute Gasteiger partial charge is 0.394 e. The normalized spacial score (nSPS) is 24.4. The zero-order valence-corrected chi connectivity index (χ0v) is 16.0. The van der Waals surface area contributed by atoms with E-state index in [0.717, 1.165) is 12.0 Å². The van der Waals surface area contributed by atoms with E-state index in [0.29, 0.717) is 18.8 Å². The van der Waals surface area contributed by atoms with Gasteiger partial charge in [-0.15, -0.1) is 0 Å². The van der Waals surface area contributed by atoms with Crippen LogP contribution < -0.4 is 0 Å². The highest BCUT2D eigenvalue weighted by molar-refractivity contribution is 5.40. The smallest absolute Gasteiger partial charge is 0.0854 e. The van der Waals surface area contributed by atoms with E-state index in [9.17, 15) is 10.2 Å². The maximum absolute atomic E-state index is 10.1. The van der Waals surface area contributed by atoms with Crippen molar-refractivity contribution >= 4 is 0 Å². The van der Waals surface area contributed by atoms with Crippen molar-refractivity contribution in [3.8, 4) is 0 Å².